The van der Waals surface area contributed by atoms with Gasteiger partial charge in [0.15, 0.2) is 0 Å². The van der Waals surface area contributed by atoms with Crippen LogP contribution in [-0.2, 0) is 11.3 Å². The van der Waals surface area contributed by atoms with Crippen LogP contribution in [0.4, 0.5) is 4.39 Å². The summed E-state index contributed by atoms with van der Waals surface area (Å²) in [7, 11) is 0. The van der Waals surface area contributed by atoms with E-state index in [9.17, 15) is 9.18 Å². The van der Waals surface area contributed by atoms with E-state index >= 15 is 0 Å². The van der Waals surface area contributed by atoms with Gasteiger partial charge in [-0.15, -0.1) is 0 Å². The van der Waals surface area contributed by atoms with E-state index in [-0.39, 0.29) is 17.8 Å². The van der Waals surface area contributed by atoms with E-state index in [0.29, 0.717) is 30.3 Å². The van der Waals surface area contributed by atoms with Crippen LogP contribution in [-0.4, -0.2) is 54.6 Å². The van der Waals surface area contributed by atoms with E-state index in [4.69, 9.17) is 9.15 Å². The van der Waals surface area contributed by atoms with Crippen molar-refractivity contribution >= 4 is 5.91 Å². The smallest absolute Gasteiger partial charge is 0.257 e. The summed E-state index contributed by atoms with van der Waals surface area (Å²) in [6.45, 7) is 8.37. The highest BCUT2D eigenvalue weighted by molar-refractivity contribution is 5.95. The molecule has 0 radical (unpaired) electrons. The molecule has 2 aliphatic rings. The minimum absolute atomic E-state index is 0.0404. The Balaban J connectivity index is 1.37. The summed E-state index contributed by atoms with van der Waals surface area (Å²) in [5.74, 6) is 1.79. The molecule has 1 amide bonds. The molecule has 2 fully saturated rings. The van der Waals surface area contributed by atoms with Gasteiger partial charge in [0.2, 0.25) is 0 Å². The van der Waals surface area contributed by atoms with Crippen LogP contribution >= 0.6 is 0 Å². The van der Waals surface area contributed by atoms with E-state index in [1.807, 2.05) is 36.9 Å². The Bertz CT molecular complexity index is 883. The Kier molecular flexibility index (Phi) is 7.08. The fraction of sp³-hybridized carbons (Fsp3) is 0.560. The van der Waals surface area contributed by atoms with Crippen molar-refractivity contribution < 1.29 is 18.3 Å². The Morgan fingerprint density at radius 3 is 2.58 bits per heavy atom. The summed E-state index contributed by atoms with van der Waals surface area (Å²) >= 11 is 0. The van der Waals surface area contributed by atoms with Crippen LogP contribution in [0.5, 0.6) is 0 Å². The number of piperidine rings is 1. The number of carbonyl (C=O) groups excluding carboxylic acids is 1. The Labute approximate surface area is 184 Å². The van der Waals surface area contributed by atoms with Crippen LogP contribution in [0, 0.1) is 25.6 Å². The van der Waals surface area contributed by atoms with Gasteiger partial charge in [-0.2, -0.15) is 0 Å². The molecule has 1 aromatic heterocycles. The molecule has 5 nitrogen and oxygen atoms in total. The van der Waals surface area contributed by atoms with E-state index < -0.39 is 0 Å². The minimum atomic E-state index is -0.135. The molecule has 168 valence electrons. The van der Waals surface area contributed by atoms with Crippen molar-refractivity contribution in [2.75, 3.05) is 32.8 Å². The number of rotatable bonds is 7. The number of amides is 1. The third-order valence-corrected chi connectivity index (χ3v) is 6.54. The van der Waals surface area contributed by atoms with Gasteiger partial charge in [0.05, 0.1) is 11.7 Å². The molecular weight excluding hydrogens is 395 g/mol. The van der Waals surface area contributed by atoms with Crippen molar-refractivity contribution in [3.8, 4) is 0 Å². The molecule has 0 unspecified atom stereocenters. The second-order valence-corrected chi connectivity index (χ2v) is 8.98. The second-order valence-electron chi connectivity index (χ2n) is 8.98. The number of furan rings is 1. The lowest BCUT2D eigenvalue weighted by molar-refractivity contribution is 0.0443. The lowest BCUT2D eigenvalue weighted by Gasteiger charge is -2.35. The van der Waals surface area contributed by atoms with E-state index in [2.05, 4.69) is 4.90 Å². The zero-order valence-electron chi connectivity index (χ0n) is 18.6. The van der Waals surface area contributed by atoms with Crippen molar-refractivity contribution in [2.24, 2.45) is 5.92 Å². The van der Waals surface area contributed by atoms with Gasteiger partial charge in [-0.1, -0.05) is 18.2 Å². The monoisotopic (exact) mass is 428 g/mol. The zero-order valence-corrected chi connectivity index (χ0v) is 18.6. The molecule has 0 N–H and O–H groups in total. The van der Waals surface area contributed by atoms with Crippen molar-refractivity contribution in [2.45, 2.75) is 52.2 Å². The number of hydrogen-bond donors (Lipinski definition) is 0. The van der Waals surface area contributed by atoms with Crippen molar-refractivity contribution in [3.05, 3.63) is 58.8 Å². The minimum Gasteiger partial charge on any atom is -0.466 e. The first-order chi connectivity index (χ1) is 15.0. The largest absolute Gasteiger partial charge is 0.466 e. The number of ether oxygens (including phenoxy) is 1. The first-order valence-corrected chi connectivity index (χ1v) is 11.4. The van der Waals surface area contributed by atoms with Crippen LogP contribution in [0.15, 0.2) is 34.7 Å². The number of halogens is 1. The highest BCUT2D eigenvalue weighted by atomic mass is 19.1. The number of nitrogens with zero attached hydrogens (tertiary/aromatic N) is 2. The molecular formula is C25H33FN2O3. The molecule has 0 saturated carbocycles. The lowest BCUT2D eigenvalue weighted by atomic mass is 9.95. The zero-order chi connectivity index (χ0) is 21.8. The maximum atomic E-state index is 14.0. The van der Waals surface area contributed by atoms with Crippen molar-refractivity contribution in [1.82, 2.24) is 9.80 Å². The molecule has 1 aromatic carbocycles. The molecule has 2 aliphatic heterocycles. The van der Waals surface area contributed by atoms with Crippen LogP contribution in [0.3, 0.4) is 0 Å². The summed E-state index contributed by atoms with van der Waals surface area (Å²) in [5.41, 5.74) is 1.41. The standard InChI is InChI=1S/C25H33FN2O3/c1-18-14-23(19(2)31-18)25(29)28(17-22-7-5-13-30-22)15-20-9-11-27(12-10-20)16-21-6-3-4-8-24(21)26/h3-4,6,8,14,20,22H,5,7,9-13,15-17H2,1-2H3/t22-/m0/s1. The van der Waals surface area contributed by atoms with Crippen LogP contribution in [0.1, 0.15) is 53.1 Å². The molecule has 2 aromatic rings. The lowest BCUT2D eigenvalue weighted by Crippen LogP contribution is -2.43. The number of hydrogen-bond acceptors (Lipinski definition) is 4. The summed E-state index contributed by atoms with van der Waals surface area (Å²) in [6.07, 6.45) is 4.21. The van der Waals surface area contributed by atoms with Crippen molar-refractivity contribution in [3.63, 3.8) is 0 Å². The molecule has 3 heterocycles. The van der Waals surface area contributed by atoms with Crippen molar-refractivity contribution in [1.29, 1.82) is 0 Å². The fourth-order valence-electron chi connectivity index (χ4n) is 4.79. The molecule has 1 atom stereocenters. The maximum Gasteiger partial charge on any atom is 0.257 e. The molecule has 4 rings (SSSR count). The van der Waals surface area contributed by atoms with Gasteiger partial charge >= 0.3 is 0 Å². The molecule has 2 saturated heterocycles. The number of benzene rings is 1. The van der Waals surface area contributed by atoms with Gasteiger partial charge in [0.1, 0.15) is 17.3 Å². The molecule has 0 aliphatic carbocycles. The van der Waals surface area contributed by atoms with Gasteiger partial charge in [0, 0.05) is 31.8 Å². The quantitative estimate of drug-likeness (QED) is 0.648. The van der Waals surface area contributed by atoms with Gasteiger partial charge < -0.3 is 14.1 Å². The maximum absolute atomic E-state index is 14.0. The van der Waals surface area contributed by atoms with Gasteiger partial charge in [0.25, 0.3) is 5.91 Å². The Morgan fingerprint density at radius 1 is 1.16 bits per heavy atom. The average Bonchev–Trinajstić information content (AvgIpc) is 3.39. The predicted octanol–water partition coefficient (Wildman–Crippen LogP) is 4.57. The topological polar surface area (TPSA) is 45.9 Å². The molecule has 0 spiro atoms. The van der Waals surface area contributed by atoms with Crippen LogP contribution in [0.2, 0.25) is 0 Å². The summed E-state index contributed by atoms with van der Waals surface area (Å²) in [5, 5.41) is 0. The average molecular weight is 429 g/mol. The van der Waals surface area contributed by atoms with Crippen LogP contribution < -0.4 is 0 Å². The summed E-state index contributed by atoms with van der Waals surface area (Å²) in [4.78, 5) is 17.6. The second kappa shape index (κ2) is 9.96. The Hall–Kier alpha value is -2.18. The predicted molar refractivity (Wildman–Crippen MR) is 117 cm³/mol. The highest BCUT2D eigenvalue weighted by Crippen LogP contribution is 2.24. The Morgan fingerprint density at radius 2 is 1.94 bits per heavy atom. The SMILES string of the molecule is Cc1cc(C(=O)N(CC2CCN(Cc3ccccc3F)CC2)C[C@@H]2CCCO2)c(C)o1. The van der Waals surface area contributed by atoms with E-state index in [0.717, 1.165) is 63.2 Å². The van der Waals surface area contributed by atoms with E-state index in [1.165, 1.54) is 6.07 Å². The fourth-order valence-corrected chi connectivity index (χ4v) is 4.79. The molecule has 31 heavy (non-hydrogen) atoms. The van der Waals surface area contributed by atoms with Gasteiger partial charge in [-0.05, 0) is 70.7 Å². The van der Waals surface area contributed by atoms with Crippen LogP contribution in [0.25, 0.3) is 0 Å². The third-order valence-electron chi connectivity index (χ3n) is 6.54. The van der Waals surface area contributed by atoms with Gasteiger partial charge in [-0.3, -0.25) is 9.69 Å². The first-order valence-electron chi connectivity index (χ1n) is 11.4. The first kappa shape index (κ1) is 22.0. The van der Waals surface area contributed by atoms with Gasteiger partial charge in [-0.25, -0.2) is 4.39 Å². The number of carbonyl (C=O) groups is 1. The normalized spacial score (nSPS) is 20.3. The van der Waals surface area contributed by atoms with E-state index in [1.54, 1.807) is 6.07 Å². The third kappa shape index (κ3) is 5.55. The number of likely N-dealkylation sites (tertiary alicyclic amines) is 1. The number of aryl methyl sites for hydroxylation is 2. The molecule has 0 bridgehead atoms. The summed E-state index contributed by atoms with van der Waals surface area (Å²) < 4.78 is 25.4. The summed E-state index contributed by atoms with van der Waals surface area (Å²) in [6, 6.07) is 8.85. The molecule has 6 heteroatoms. The highest BCUT2D eigenvalue weighted by Gasteiger charge is 2.29.